The summed E-state index contributed by atoms with van der Waals surface area (Å²) in [4.78, 5) is 20.1. The first-order chi connectivity index (χ1) is 11.6. The molecule has 3 rings (SSSR count). The molecule has 5 heteroatoms. The largest absolute Gasteiger partial charge is 0.497 e. The zero-order valence-corrected chi connectivity index (χ0v) is 13.6. The molecule has 3 aromatic rings. The maximum absolute atomic E-state index is 12.6. The number of ketones is 1. The quantitative estimate of drug-likeness (QED) is 0.706. The van der Waals surface area contributed by atoms with Crippen molar-refractivity contribution in [1.82, 2.24) is 9.97 Å². The molecule has 1 atom stereocenters. The number of H-pyrrole nitrogens is 1. The minimum absolute atomic E-state index is 0.0445. The average molecular weight is 321 g/mol. The van der Waals surface area contributed by atoms with Crippen LogP contribution >= 0.6 is 0 Å². The van der Waals surface area contributed by atoms with Crippen molar-refractivity contribution < 1.29 is 9.53 Å². The summed E-state index contributed by atoms with van der Waals surface area (Å²) in [5.41, 5.74) is 9.30. The number of benzene rings is 1. The standard InChI is InChI=1S/C19H19N3O2/c1-12(16-8-5-14(20)11-21-16)17-9-10-18(22-17)19(23)13-3-6-15(24-2)7-4-13/h3-12,22H,20H2,1-2H3. The van der Waals surface area contributed by atoms with Gasteiger partial charge in [-0.25, -0.2) is 0 Å². The lowest BCUT2D eigenvalue weighted by Gasteiger charge is -2.09. The molecule has 3 N–H and O–H groups in total. The summed E-state index contributed by atoms with van der Waals surface area (Å²) in [7, 11) is 1.60. The van der Waals surface area contributed by atoms with Gasteiger partial charge in [-0.3, -0.25) is 9.78 Å². The summed E-state index contributed by atoms with van der Waals surface area (Å²) in [5, 5.41) is 0. The van der Waals surface area contributed by atoms with Crippen LogP contribution in [0.15, 0.2) is 54.7 Å². The first-order valence-electron chi connectivity index (χ1n) is 7.67. The number of anilines is 1. The Morgan fingerprint density at radius 3 is 2.50 bits per heavy atom. The van der Waals surface area contributed by atoms with E-state index in [1.165, 1.54) is 0 Å². The number of ether oxygens (including phenoxy) is 1. The predicted octanol–water partition coefficient (Wildman–Crippen LogP) is 3.38. The highest BCUT2D eigenvalue weighted by molar-refractivity contribution is 6.07. The first-order valence-corrected chi connectivity index (χ1v) is 7.67. The molecule has 0 aliphatic heterocycles. The Bertz CT molecular complexity index is 836. The van der Waals surface area contributed by atoms with Gasteiger partial charge < -0.3 is 15.5 Å². The molecule has 5 nitrogen and oxygen atoms in total. The Morgan fingerprint density at radius 1 is 1.12 bits per heavy atom. The number of hydrogen-bond acceptors (Lipinski definition) is 4. The van der Waals surface area contributed by atoms with Crippen molar-refractivity contribution >= 4 is 11.5 Å². The summed E-state index contributed by atoms with van der Waals surface area (Å²) >= 11 is 0. The molecule has 1 unspecified atom stereocenters. The fourth-order valence-electron chi connectivity index (χ4n) is 2.53. The lowest BCUT2D eigenvalue weighted by Crippen LogP contribution is -2.04. The van der Waals surface area contributed by atoms with E-state index in [9.17, 15) is 4.79 Å². The molecule has 2 aromatic heterocycles. The number of nitrogen functional groups attached to an aromatic ring is 1. The molecule has 122 valence electrons. The van der Waals surface area contributed by atoms with E-state index in [4.69, 9.17) is 10.5 Å². The number of rotatable bonds is 5. The number of nitrogens with zero attached hydrogens (tertiary/aromatic N) is 1. The second kappa shape index (κ2) is 6.58. The first kappa shape index (κ1) is 15.8. The highest BCUT2D eigenvalue weighted by Gasteiger charge is 2.16. The molecule has 2 heterocycles. The van der Waals surface area contributed by atoms with Crippen molar-refractivity contribution in [2.24, 2.45) is 0 Å². The Morgan fingerprint density at radius 2 is 1.88 bits per heavy atom. The molecule has 0 bridgehead atoms. The van der Waals surface area contributed by atoms with Gasteiger partial charge in [0, 0.05) is 22.9 Å². The normalized spacial score (nSPS) is 11.9. The molecule has 0 spiro atoms. The van der Waals surface area contributed by atoms with Crippen molar-refractivity contribution in [2.45, 2.75) is 12.8 Å². The molecule has 0 saturated carbocycles. The van der Waals surface area contributed by atoms with Gasteiger partial charge in [-0.15, -0.1) is 0 Å². The average Bonchev–Trinajstić information content (AvgIpc) is 3.11. The summed E-state index contributed by atoms with van der Waals surface area (Å²) in [6.45, 7) is 2.03. The van der Waals surface area contributed by atoms with Crippen LogP contribution in [0.3, 0.4) is 0 Å². The third-order valence-corrected chi connectivity index (χ3v) is 4.02. The van der Waals surface area contributed by atoms with Gasteiger partial charge in [-0.2, -0.15) is 0 Å². The Kier molecular flexibility index (Phi) is 4.33. The van der Waals surface area contributed by atoms with Gasteiger partial charge in [-0.1, -0.05) is 6.92 Å². The summed E-state index contributed by atoms with van der Waals surface area (Å²) in [5.74, 6) is 0.714. The molecule has 0 aliphatic rings. The Balaban J connectivity index is 1.81. The summed E-state index contributed by atoms with van der Waals surface area (Å²) in [6.07, 6.45) is 1.64. The third-order valence-electron chi connectivity index (χ3n) is 4.02. The van der Waals surface area contributed by atoms with Crippen LogP contribution < -0.4 is 10.5 Å². The van der Waals surface area contributed by atoms with E-state index in [0.29, 0.717) is 16.9 Å². The highest BCUT2D eigenvalue weighted by atomic mass is 16.5. The molecular weight excluding hydrogens is 302 g/mol. The summed E-state index contributed by atoms with van der Waals surface area (Å²) in [6, 6.07) is 14.5. The number of aromatic amines is 1. The molecule has 0 saturated heterocycles. The van der Waals surface area contributed by atoms with Crippen LogP contribution in [0.5, 0.6) is 5.75 Å². The van der Waals surface area contributed by atoms with E-state index in [-0.39, 0.29) is 11.7 Å². The van der Waals surface area contributed by atoms with Gasteiger partial charge in [0.1, 0.15) is 5.75 Å². The fourth-order valence-corrected chi connectivity index (χ4v) is 2.53. The van der Waals surface area contributed by atoms with Crippen LogP contribution in [0.1, 0.15) is 40.3 Å². The van der Waals surface area contributed by atoms with E-state index in [1.54, 1.807) is 43.6 Å². The number of hydrogen-bond donors (Lipinski definition) is 2. The number of nitrogens with two attached hydrogens (primary N) is 1. The van der Waals surface area contributed by atoms with Gasteiger partial charge in [0.2, 0.25) is 5.78 Å². The Labute approximate surface area is 140 Å². The van der Waals surface area contributed by atoms with Crippen LogP contribution in [-0.4, -0.2) is 22.9 Å². The second-order valence-corrected chi connectivity index (χ2v) is 5.62. The lowest BCUT2D eigenvalue weighted by atomic mass is 10.0. The highest BCUT2D eigenvalue weighted by Crippen LogP contribution is 2.23. The van der Waals surface area contributed by atoms with Crippen molar-refractivity contribution in [1.29, 1.82) is 0 Å². The van der Waals surface area contributed by atoms with Crippen molar-refractivity contribution in [3.8, 4) is 5.75 Å². The minimum Gasteiger partial charge on any atom is -0.497 e. The number of carbonyl (C=O) groups is 1. The number of aromatic nitrogens is 2. The molecule has 0 amide bonds. The molecular formula is C19H19N3O2. The van der Waals surface area contributed by atoms with Gasteiger partial charge in [0.25, 0.3) is 0 Å². The minimum atomic E-state index is -0.0543. The molecule has 0 aliphatic carbocycles. The van der Waals surface area contributed by atoms with Gasteiger partial charge in [-0.05, 0) is 48.5 Å². The van der Waals surface area contributed by atoms with Gasteiger partial charge in [0.15, 0.2) is 0 Å². The monoisotopic (exact) mass is 321 g/mol. The van der Waals surface area contributed by atoms with E-state index < -0.39 is 0 Å². The van der Waals surface area contributed by atoms with Crippen LogP contribution in [0.2, 0.25) is 0 Å². The fraction of sp³-hybridized carbons (Fsp3) is 0.158. The smallest absolute Gasteiger partial charge is 0.209 e. The second-order valence-electron chi connectivity index (χ2n) is 5.62. The number of nitrogens with one attached hydrogen (secondary N) is 1. The van der Waals surface area contributed by atoms with Crippen LogP contribution in [0, 0.1) is 0 Å². The lowest BCUT2D eigenvalue weighted by molar-refractivity contribution is 0.103. The van der Waals surface area contributed by atoms with E-state index >= 15 is 0 Å². The van der Waals surface area contributed by atoms with E-state index in [0.717, 1.165) is 17.1 Å². The van der Waals surface area contributed by atoms with Crippen molar-refractivity contribution in [3.63, 3.8) is 0 Å². The van der Waals surface area contributed by atoms with E-state index in [1.807, 2.05) is 25.1 Å². The van der Waals surface area contributed by atoms with Crippen LogP contribution in [0.25, 0.3) is 0 Å². The number of carbonyl (C=O) groups excluding carboxylic acids is 1. The SMILES string of the molecule is COc1ccc(C(=O)c2ccc(C(C)c3ccc(N)cn3)[nH]2)cc1. The topological polar surface area (TPSA) is 81.0 Å². The number of methoxy groups -OCH3 is 1. The molecule has 0 fully saturated rings. The maximum atomic E-state index is 12.6. The zero-order chi connectivity index (χ0) is 17.1. The van der Waals surface area contributed by atoms with E-state index in [2.05, 4.69) is 9.97 Å². The zero-order valence-electron chi connectivity index (χ0n) is 13.6. The molecule has 0 radical (unpaired) electrons. The van der Waals surface area contributed by atoms with Crippen molar-refractivity contribution in [2.75, 3.05) is 12.8 Å². The third kappa shape index (κ3) is 3.15. The van der Waals surface area contributed by atoms with Crippen LogP contribution in [0.4, 0.5) is 5.69 Å². The number of pyridine rings is 1. The molecule has 24 heavy (non-hydrogen) atoms. The van der Waals surface area contributed by atoms with Gasteiger partial charge in [0.05, 0.1) is 24.7 Å². The Hall–Kier alpha value is -3.08. The molecule has 1 aromatic carbocycles. The van der Waals surface area contributed by atoms with Gasteiger partial charge >= 0.3 is 0 Å². The maximum Gasteiger partial charge on any atom is 0.209 e. The summed E-state index contributed by atoms with van der Waals surface area (Å²) < 4.78 is 5.11. The van der Waals surface area contributed by atoms with Crippen LogP contribution in [-0.2, 0) is 0 Å². The predicted molar refractivity (Wildman–Crippen MR) is 93.4 cm³/mol. The van der Waals surface area contributed by atoms with Crippen molar-refractivity contribution in [3.05, 3.63) is 77.4 Å².